The molecule has 14 heteroatoms. The molecule has 0 unspecified atom stereocenters. The van der Waals surface area contributed by atoms with Gasteiger partial charge < -0.3 is 43.6 Å². The molecule has 36 heavy (non-hydrogen) atoms. The number of rotatable bonds is 16. The monoisotopic (exact) mass is 514 g/mol. The second kappa shape index (κ2) is 16.3. The van der Waals surface area contributed by atoms with Gasteiger partial charge in [-0.2, -0.15) is 0 Å². The van der Waals surface area contributed by atoms with Crippen LogP contribution in [0.15, 0.2) is 4.99 Å². The van der Waals surface area contributed by atoms with E-state index in [1.807, 2.05) is 13.8 Å². The summed E-state index contributed by atoms with van der Waals surface area (Å²) in [6.45, 7) is 8.49. The molecule has 0 aliphatic rings. The van der Waals surface area contributed by atoms with Crippen LogP contribution < -0.4 is 38.5 Å². The number of nitrogens with two attached hydrogens (primary N) is 3. The number of nitrogens with one attached hydrogen (secondary N) is 4. The number of aliphatic carboxylic acids is 1. The van der Waals surface area contributed by atoms with E-state index in [2.05, 4.69) is 26.3 Å². The molecule has 0 saturated heterocycles. The first kappa shape index (κ1) is 32.6. The highest BCUT2D eigenvalue weighted by Crippen LogP contribution is 2.06. The molecule has 0 fully saturated rings. The molecule has 0 aromatic carbocycles. The average Bonchev–Trinajstić information content (AvgIpc) is 2.77. The van der Waals surface area contributed by atoms with Gasteiger partial charge in [0.25, 0.3) is 0 Å². The third kappa shape index (κ3) is 13.5. The van der Waals surface area contributed by atoms with Crippen LogP contribution in [0.5, 0.6) is 0 Å². The molecule has 0 rings (SSSR count). The summed E-state index contributed by atoms with van der Waals surface area (Å²) in [7, 11) is 0. The fourth-order valence-electron chi connectivity index (χ4n) is 2.97. The highest BCUT2D eigenvalue weighted by molar-refractivity contribution is 5.94. The Labute approximate surface area is 211 Å². The fourth-order valence-corrected chi connectivity index (χ4v) is 2.97. The van der Waals surface area contributed by atoms with E-state index in [0.717, 1.165) is 0 Å². The van der Waals surface area contributed by atoms with Crippen LogP contribution in [0.25, 0.3) is 0 Å². The highest BCUT2D eigenvalue weighted by Gasteiger charge is 2.28. The lowest BCUT2D eigenvalue weighted by molar-refractivity contribution is -0.142. The molecule has 0 aliphatic carbocycles. The standard InChI is InChI=1S/C22H42N8O6/c1-11(2)9-15(29-16(31)10-27-20(34)17(23)12(3)4)19(33)28-13(5)18(32)30-14(21(35)36)7-6-8-26-22(24)25/h11-15,17H,6-10,23H2,1-5H3,(H,27,34)(H,28,33)(H,29,31)(H,30,32)(H,35,36)(H4,24,25,26)/t13-,14-,15-,17-/m0/s1. The van der Waals surface area contributed by atoms with Gasteiger partial charge in [-0.1, -0.05) is 27.7 Å². The number of amides is 4. The first-order chi connectivity index (χ1) is 16.6. The van der Waals surface area contributed by atoms with Gasteiger partial charge in [0.2, 0.25) is 23.6 Å². The molecule has 0 aliphatic heterocycles. The lowest BCUT2D eigenvalue weighted by Gasteiger charge is -2.23. The van der Waals surface area contributed by atoms with Gasteiger partial charge in [-0.15, -0.1) is 0 Å². The molecular weight excluding hydrogens is 472 g/mol. The molecule has 0 spiro atoms. The first-order valence-corrected chi connectivity index (χ1v) is 11.9. The van der Waals surface area contributed by atoms with E-state index >= 15 is 0 Å². The summed E-state index contributed by atoms with van der Waals surface area (Å²) in [6.07, 6.45) is 0.668. The number of nitrogens with zero attached hydrogens (tertiary/aromatic N) is 1. The van der Waals surface area contributed by atoms with Crippen LogP contribution in [0.3, 0.4) is 0 Å². The molecule has 0 aromatic heterocycles. The van der Waals surface area contributed by atoms with E-state index in [1.54, 1.807) is 13.8 Å². The minimum atomic E-state index is -1.24. The SMILES string of the molecule is CC(C)C[C@H](NC(=O)CNC(=O)[C@@H](N)C(C)C)C(=O)N[C@@H](C)C(=O)N[C@@H](CCCN=C(N)N)C(=O)O. The van der Waals surface area contributed by atoms with Crippen molar-refractivity contribution < 1.29 is 29.1 Å². The molecule has 0 bridgehead atoms. The van der Waals surface area contributed by atoms with Crippen LogP contribution >= 0.6 is 0 Å². The Hall–Kier alpha value is -3.42. The Morgan fingerprint density at radius 1 is 0.861 bits per heavy atom. The average molecular weight is 515 g/mol. The van der Waals surface area contributed by atoms with Crippen molar-refractivity contribution in [3.63, 3.8) is 0 Å². The van der Waals surface area contributed by atoms with Crippen molar-refractivity contribution in [1.82, 2.24) is 21.3 Å². The number of guanidine groups is 1. The van der Waals surface area contributed by atoms with Crippen LogP contribution in [0.2, 0.25) is 0 Å². The van der Waals surface area contributed by atoms with Crippen molar-refractivity contribution >= 4 is 35.6 Å². The normalized spacial score (nSPS) is 14.2. The number of hydrogen-bond acceptors (Lipinski definition) is 7. The fraction of sp³-hybridized carbons (Fsp3) is 0.727. The van der Waals surface area contributed by atoms with Gasteiger partial charge in [-0.3, -0.25) is 24.2 Å². The molecule has 0 aromatic rings. The van der Waals surface area contributed by atoms with Crippen LogP contribution in [-0.2, 0) is 24.0 Å². The van der Waals surface area contributed by atoms with Crippen molar-refractivity contribution in [2.45, 2.75) is 78.0 Å². The van der Waals surface area contributed by atoms with Crippen LogP contribution in [-0.4, -0.2) is 77.9 Å². The number of aliphatic imine (C=N–C) groups is 1. The third-order valence-corrected chi connectivity index (χ3v) is 5.11. The Morgan fingerprint density at radius 2 is 1.47 bits per heavy atom. The highest BCUT2D eigenvalue weighted by atomic mass is 16.4. The predicted octanol–water partition coefficient (Wildman–Crippen LogP) is -2.26. The van der Waals surface area contributed by atoms with E-state index in [9.17, 15) is 29.1 Å². The summed E-state index contributed by atoms with van der Waals surface area (Å²) >= 11 is 0. The summed E-state index contributed by atoms with van der Waals surface area (Å²) < 4.78 is 0. The van der Waals surface area contributed by atoms with Gasteiger partial charge >= 0.3 is 5.97 Å². The Balaban J connectivity index is 4.99. The summed E-state index contributed by atoms with van der Waals surface area (Å²) in [5.41, 5.74) is 16.2. The van der Waals surface area contributed by atoms with E-state index in [4.69, 9.17) is 17.2 Å². The third-order valence-electron chi connectivity index (χ3n) is 5.11. The van der Waals surface area contributed by atoms with Crippen molar-refractivity contribution in [1.29, 1.82) is 0 Å². The number of carboxylic acid groups (broad SMARTS) is 1. The van der Waals surface area contributed by atoms with Crippen LogP contribution in [0.1, 0.15) is 53.9 Å². The van der Waals surface area contributed by atoms with Crippen molar-refractivity contribution in [2.24, 2.45) is 34.0 Å². The van der Waals surface area contributed by atoms with Crippen molar-refractivity contribution in [3.8, 4) is 0 Å². The smallest absolute Gasteiger partial charge is 0.326 e. The topological polar surface area (TPSA) is 244 Å². The second-order valence-electron chi connectivity index (χ2n) is 9.32. The van der Waals surface area contributed by atoms with Gasteiger partial charge in [0, 0.05) is 6.54 Å². The van der Waals surface area contributed by atoms with Crippen molar-refractivity contribution in [2.75, 3.05) is 13.1 Å². The van der Waals surface area contributed by atoms with Gasteiger partial charge in [0.1, 0.15) is 18.1 Å². The van der Waals surface area contributed by atoms with Crippen molar-refractivity contribution in [3.05, 3.63) is 0 Å². The summed E-state index contributed by atoms with van der Waals surface area (Å²) in [5, 5.41) is 19.2. The zero-order chi connectivity index (χ0) is 28.0. The minimum absolute atomic E-state index is 0.0238. The minimum Gasteiger partial charge on any atom is -0.480 e. The number of hydrogen-bond donors (Lipinski definition) is 8. The lowest BCUT2D eigenvalue weighted by atomic mass is 10.0. The summed E-state index contributed by atoms with van der Waals surface area (Å²) in [4.78, 5) is 64.8. The number of carboxylic acids is 1. The molecule has 4 atom stereocenters. The largest absolute Gasteiger partial charge is 0.480 e. The number of carbonyl (C=O) groups is 5. The van der Waals surface area contributed by atoms with Crippen LogP contribution in [0.4, 0.5) is 0 Å². The number of carbonyl (C=O) groups excluding carboxylic acids is 4. The Morgan fingerprint density at radius 3 is 1.97 bits per heavy atom. The van der Waals surface area contributed by atoms with Gasteiger partial charge in [0.05, 0.1) is 12.6 Å². The molecule has 0 saturated carbocycles. The predicted molar refractivity (Wildman–Crippen MR) is 134 cm³/mol. The zero-order valence-electron chi connectivity index (χ0n) is 21.7. The zero-order valence-corrected chi connectivity index (χ0v) is 21.7. The van der Waals surface area contributed by atoms with Gasteiger partial charge in [0.15, 0.2) is 5.96 Å². The second-order valence-corrected chi connectivity index (χ2v) is 9.32. The lowest BCUT2D eigenvalue weighted by Crippen LogP contribution is -2.56. The van der Waals surface area contributed by atoms with E-state index < -0.39 is 53.8 Å². The Bertz CT molecular complexity index is 797. The molecule has 14 nitrogen and oxygen atoms in total. The summed E-state index contributed by atoms with van der Waals surface area (Å²) in [6, 6.07) is -4.02. The molecule has 11 N–H and O–H groups in total. The maximum absolute atomic E-state index is 12.8. The first-order valence-electron chi connectivity index (χ1n) is 11.9. The molecule has 4 amide bonds. The van der Waals surface area contributed by atoms with E-state index in [-0.39, 0.29) is 43.7 Å². The van der Waals surface area contributed by atoms with E-state index in [1.165, 1.54) is 6.92 Å². The summed E-state index contributed by atoms with van der Waals surface area (Å²) in [5.74, 6) is -3.85. The van der Waals surface area contributed by atoms with Gasteiger partial charge in [-0.05, 0) is 38.0 Å². The molecule has 0 heterocycles. The quantitative estimate of drug-likeness (QED) is 0.0628. The van der Waals surface area contributed by atoms with Gasteiger partial charge in [-0.25, -0.2) is 4.79 Å². The maximum Gasteiger partial charge on any atom is 0.326 e. The van der Waals surface area contributed by atoms with E-state index in [0.29, 0.717) is 6.42 Å². The Kier molecular flexibility index (Phi) is 14.7. The molecule has 0 radical (unpaired) electrons. The maximum atomic E-state index is 12.8. The molecular formula is C22H42N8O6. The van der Waals surface area contributed by atoms with Crippen LogP contribution in [0, 0.1) is 11.8 Å². The molecule has 206 valence electrons.